The number of amidine groups is 1. The molecule has 1 amide bonds. The topological polar surface area (TPSA) is 78.9 Å². The van der Waals surface area contributed by atoms with E-state index >= 15 is 0 Å². The van der Waals surface area contributed by atoms with E-state index in [1.54, 1.807) is 18.9 Å². The Labute approximate surface area is 104 Å². The van der Waals surface area contributed by atoms with E-state index in [4.69, 9.17) is 10.9 Å². The zero-order chi connectivity index (χ0) is 13.5. The number of hydrogen-bond donors (Lipinski definition) is 2. The first-order valence-electron chi connectivity index (χ1n) is 6.17. The lowest BCUT2D eigenvalue weighted by Gasteiger charge is -2.30. The Morgan fingerprint density at radius 2 is 2.00 bits per heavy atom. The summed E-state index contributed by atoms with van der Waals surface area (Å²) in [7, 11) is 1.76. The van der Waals surface area contributed by atoms with E-state index < -0.39 is 5.41 Å². The van der Waals surface area contributed by atoms with Crippen LogP contribution >= 0.6 is 0 Å². The Morgan fingerprint density at radius 3 is 2.41 bits per heavy atom. The van der Waals surface area contributed by atoms with Gasteiger partial charge in [0.1, 0.15) is 5.41 Å². The molecule has 0 spiro atoms. The fourth-order valence-electron chi connectivity index (χ4n) is 1.67. The van der Waals surface area contributed by atoms with E-state index in [1.807, 2.05) is 6.92 Å². The van der Waals surface area contributed by atoms with Crippen LogP contribution in [-0.4, -0.2) is 35.4 Å². The van der Waals surface area contributed by atoms with Crippen molar-refractivity contribution in [2.75, 3.05) is 13.6 Å². The number of amides is 1. The maximum atomic E-state index is 12.2. The Hall–Kier alpha value is -1.26. The summed E-state index contributed by atoms with van der Waals surface area (Å²) in [4.78, 5) is 13.9. The summed E-state index contributed by atoms with van der Waals surface area (Å²) < 4.78 is 0. The van der Waals surface area contributed by atoms with Gasteiger partial charge in [-0.1, -0.05) is 31.8 Å². The van der Waals surface area contributed by atoms with Crippen LogP contribution in [0.5, 0.6) is 0 Å². The molecule has 0 heterocycles. The van der Waals surface area contributed by atoms with Crippen LogP contribution in [0.3, 0.4) is 0 Å². The number of nitrogens with two attached hydrogens (primary N) is 1. The predicted octanol–water partition coefficient (Wildman–Crippen LogP) is 1.80. The summed E-state index contributed by atoms with van der Waals surface area (Å²) in [5.74, 6) is -0.112. The van der Waals surface area contributed by atoms with Gasteiger partial charge < -0.3 is 15.8 Å². The van der Waals surface area contributed by atoms with Crippen molar-refractivity contribution in [2.24, 2.45) is 16.3 Å². The molecule has 0 aromatic carbocycles. The van der Waals surface area contributed by atoms with Crippen molar-refractivity contribution in [2.45, 2.75) is 46.5 Å². The third-order valence-electron chi connectivity index (χ3n) is 3.30. The Balaban J connectivity index is 4.64. The molecule has 0 aliphatic carbocycles. The number of nitrogens with zero attached hydrogens (tertiary/aromatic N) is 2. The second-order valence-corrected chi connectivity index (χ2v) is 4.60. The molecule has 0 rings (SSSR count). The molecular weight excluding hydrogens is 218 g/mol. The van der Waals surface area contributed by atoms with E-state index in [0.717, 1.165) is 19.3 Å². The van der Waals surface area contributed by atoms with Gasteiger partial charge in [0.05, 0.1) is 0 Å². The van der Waals surface area contributed by atoms with Crippen LogP contribution in [0.15, 0.2) is 5.16 Å². The van der Waals surface area contributed by atoms with E-state index in [1.165, 1.54) is 0 Å². The standard InChI is InChI=1S/C12H25N3O2/c1-5-7-8-9-15(4)11(16)12(3,6-2)10(13)14-17/h17H,5-9H2,1-4H3,(H2,13,14). The number of carbonyl (C=O) groups is 1. The summed E-state index contributed by atoms with van der Waals surface area (Å²) in [6.45, 7) is 6.39. The Bertz CT molecular complexity index is 279. The maximum Gasteiger partial charge on any atom is 0.235 e. The molecular formula is C12H25N3O2. The van der Waals surface area contributed by atoms with Gasteiger partial charge in [0, 0.05) is 13.6 Å². The summed E-state index contributed by atoms with van der Waals surface area (Å²) in [6, 6.07) is 0. The van der Waals surface area contributed by atoms with Crippen LogP contribution in [0.2, 0.25) is 0 Å². The number of rotatable bonds is 7. The van der Waals surface area contributed by atoms with Gasteiger partial charge in [0.15, 0.2) is 5.84 Å². The molecule has 1 unspecified atom stereocenters. The second kappa shape index (κ2) is 7.14. The van der Waals surface area contributed by atoms with Crippen molar-refractivity contribution in [1.29, 1.82) is 0 Å². The van der Waals surface area contributed by atoms with Crippen LogP contribution in [0, 0.1) is 5.41 Å². The highest BCUT2D eigenvalue weighted by Gasteiger charge is 2.38. The van der Waals surface area contributed by atoms with Crippen LogP contribution in [0.25, 0.3) is 0 Å². The molecule has 5 nitrogen and oxygen atoms in total. The van der Waals surface area contributed by atoms with Gasteiger partial charge in [-0.15, -0.1) is 0 Å². The van der Waals surface area contributed by atoms with Crippen molar-refractivity contribution < 1.29 is 10.0 Å². The lowest BCUT2D eigenvalue weighted by atomic mass is 9.84. The molecule has 0 aromatic rings. The van der Waals surface area contributed by atoms with Gasteiger partial charge in [-0.05, 0) is 19.8 Å². The van der Waals surface area contributed by atoms with Crippen LogP contribution < -0.4 is 5.73 Å². The molecule has 3 N–H and O–H groups in total. The van der Waals surface area contributed by atoms with E-state index in [2.05, 4.69) is 12.1 Å². The molecule has 0 fully saturated rings. The molecule has 0 aliphatic heterocycles. The molecule has 0 aromatic heterocycles. The number of oxime groups is 1. The first-order valence-corrected chi connectivity index (χ1v) is 6.17. The van der Waals surface area contributed by atoms with Crippen LogP contribution in [0.1, 0.15) is 46.5 Å². The minimum atomic E-state index is -0.907. The Kier molecular flexibility index (Phi) is 6.61. The lowest BCUT2D eigenvalue weighted by Crippen LogP contribution is -2.48. The van der Waals surface area contributed by atoms with Gasteiger partial charge in [-0.2, -0.15) is 0 Å². The number of hydrogen-bond acceptors (Lipinski definition) is 3. The highest BCUT2D eigenvalue weighted by Crippen LogP contribution is 2.24. The maximum absolute atomic E-state index is 12.2. The summed E-state index contributed by atoms with van der Waals surface area (Å²) >= 11 is 0. The SMILES string of the molecule is CCCCCN(C)C(=O)C(C)(CC)C(N)=NO. The third kappa shape index (κ3) is 3.91. The fraction of sp³-hybridized carbons (Fsp3) is 0.833. The highest BCUT2D eigenvalue weighted by molar-refractivity contribution is 6.06. The second-order valence-electron chi connectivity index (χ2n) is 4.60. The summed E-state index contributed by atoms with van der Waals surface area (Å²) in [5.41, 5.74) is 4.70. The zero-order valence-corrected chi connectivity index (χ0v) is 11.4. The Morgan fingerprint density at radius 1 is 1.41 bits per heavy atom. The van der Waals surface area contributed by atoms with E-state index in [9.17, 15) is 4.79 Å². The molecule has 0 bridgehead atoms. The molecule has 100 valence electrons. The van der Waals surface area contributed by atoms with Crippen LogP contribution in [0.4, 0.5) is 0 Å². The normalized spacial score (nSPS) is 15.4. The monoisotopic (exact) mass is 243 g/mol. The highest BCUT2D eigenvalue weighted by atomic mass is 16.4. The molecule has 17 heavy (non-hydrogen) atoms. The van der Waals surface area contributed by atoms with Crippen molar-refractivity contribution in [3.05, 3.63) is 0 Å². The van der Waals surface area contributed by atoms with Crippen molar-refractivity contribution >= 4 is 11.7 Å². The average Bonchev–Trinajstić information content (AvgIpc) is 2.35. The van der Waals surface area contributed by atoms with Gasteiger partial charge in [0.2, 0.25) is 5.91 Å². The third-order valence-corrected chi connectivity index (χ3v) is 3.30. The van der Waals surface area contributed by atoms with Gasteiger partial charge in [-0.25, -0.2) is 0 Å². The molecule has 0 saturated carbocycles. The molecule has 5 heteroatoms. The molecule has 1 atom stereocenters. The van der Waals surface area contributed by atoms with Gasteiger partial charge in [-0.3, -0.25) is 4.79 Å². The smallest absolute Gasteiger partial charge is 0.235 e. The lowest BCUT2D eigenvalue weighted by molar-refractivity contribution is -0.136. The molecule has 0 aliphatic rings. The zero-order valence-electron chi connectivity index (χ0n) is 11.4. The van der Waals surface area contributed by atoms with E-state index in [0.29, 0.717) is 13.0 Å². The minimum absolute atomic E-state index is 0.0210. The predicted molar refractivity (Wildman–Crippen MR) is 69.0 cm³/mol. The number of carbonyl (C=O) groups excluding carboxylic acids is 1. The van der Waals surface area contributed by atoms with Crippen molar-refractivity contribution in [3.63, 3.8) is 0 Å². The average molecular weight is 243 g/mol. The van der Waals surface area contributed by atoms with Gasteiger partial charge in [0.25, 0.3) is 0 Å². The minimum Gasteiger partial charge on any atom is -0.409 e. The number of unbranched alkanes of at least 4 members (excludes halogenated alkanes) is 2. The van der Waals surface area contributed by atoms with Crippen molar-refractivity contribution in [3.8, 4) is 0 Å². The fourth-order valence-corrected chi connectivity index (χ4v) is 1.67. The van der Waals surface area contributed by atoms with Crippen molar-refractivity contribution in [1.82, 2.24) is 4.90 Å². The molecule has 0 radical (unpaired) electrons. The van der Waals surface area contributed by atoms with Gasteiger partial charge >= 0.3 is 0 Å². The van der Waals surface area contributed by atoms with E-state index in [-0.39, 0.29) is 11.7 Å². The first-order chi connectivity index (χ1) is 7.93. The molecule has 0 saturated heterocycles. The quantitative estimate of drug-likeness (QED) is 0.235. The largest absolute Gasteiger partial charge is 0.409 e. The van der Waals surface area contributed by atoms with Crippen LogP contribution in [-0.2, 0) is 4.79 Å². The summed E-state index contributed by atoms with van der Waals surface area (Å²) in [5, 5.41) is 11.7. The summed E-state index contributed by atoms with van der Waals surface area (Å²) in [6.07, 6.45) is 3.71. The first kappa shape index (κ1) is 15.7.